The lowest BCUT2D eigenvalue weighted by molar-refractivity contribution is -0.157. The van der Waals surface area contributed by atoms with Crippen LogP contribution in [0.1, 0.15) is 32.6 Å². The molecule has 212 valence electrons. The van der Waals surface area contributed by atoms with Gasteiger partial charge in [-0.25, -0.2) is 14.4 Å². The topological polar surface area (TPSA) is 212 Å². The molecule has 0 aromatic rings. The Hall–Kier alpha value is -4.60. The first kappa shape index (κ1) is 33.4. The van der Waals surface area contributed by atoms with Crippen molar-refractivity contribution in [2.24, 2.45) is 5.90 Å². The zero-order valence-electron chi connectivity index (χ0n) is 20.5. The lowest BCUT2D eigenvalue weighted by Crippen LogP contribution is -2.32. The van der Waals surface area contributed by atoms with Crippen LogP contribution in [-0.4, -0.2) is 67.9 Å². The van der Waals surface area contributed by atoms with E-state index in [0.29, 0.717) is 0 Å². The number of ether oxygens (including phenoxy) is 8. The monoisotopic (exact) mass is 547 g/mol. The SMILES string of the molecule is C=COC(=O)OC(COC(=O)CC(COC(=O)CC(CC)OC(=O)OC=C)OC(=O)OC=C)CC(=O)ON. The van der Waals surface area contributed by atoms with Gasteiger partial charge in [-0.2, -0.15) is 5.90 Å². The molecule has 0 fully saturated rings. The fourth-order valence-electron chi connectivity index (χ4n) is 2.33. The van der Waals surface area contributed by atoms with Crippen LogP contribution in [0.4, 0.5) is 14.4 Å². The van der Waals surface area contributed by atoms with Crippen molar-refractivity contribution in [1.29, 1.82) is 0 Å². The van der Waals surface area contributed by atoms with E-state index in [2.05, 4.69) is 38.8 Å². The van der Waals surface area contributed by atoms with Gasteiger partial charge in [-0.15, -0.1) is 0 Å². The van der Waals surface area contributed by atoms with E-state index in [0.717, 1.165) is 18.8 Å². The van der Waals surface area contributed by atoms with E-state index in [-0.39, 0.29) is 12.8 Å². The maximum atomic E-state index is 12.3. The molecule has 16 nitrogen and oxygen atoms in total. The molecule has 3 unspecified atom stereocenters. The Morgan fingerprint density at radius 2 is 0.974 bits per heavy atom. The van der Waals surface area contributed by atoms with Gasteiger partial charge in [0.2, 0.25) is 0 Å². The Kier molecular flexibility index (Phi) is 17.2. The fourth-order valence-corrected chi connectivity index (χ4v) is 2.33. The minimum atomic E-state index is -1.40. The summed E-state index contributed by atoms with van der Waals surface area (Å²) in [6.07, 6.45) is -6.27. The molecule has 0 aromatic carbocycles. The maximum absolute atomic E-state index is 12.3. The summed E-state index contributed by atoms with van der Waals surface area (Å²) in [5.41, 5.74) is 0. The summed E-state index contributed by atoms with van der Waals surface area (Å²) in [5, 5.41) is 0. The molecule has 16 heteroatoms. The van der Waals surface area contributed by atoms with E-state index in [1.165, 1.54) is 0 Å². The summed E-state index contributed by atoms with van der Waals surface area (Å²) in [6.45, 7) is 9.88. The van der Waals surface area contributed by atoms with Crippen molar-refractivity contribution in [3.63, 3.8) is 0 Å². The Morgan fingerprint density at radius 3 is 1.32 bits per heavy atom. The predicted octanol–water partition coefficient (Wildman–Crippen LogP) is 2.07. The summed E-state index contributed by atoms with van der Waals surface area (Å²) >= 11 is 0. The third-order valence-electron chi connectivity index (χ3n) is 3.96. The first-order valence-electron chi connectivity index (χ1n) is 10.7. The number of rotatable bonds is 17. The van der Waals surface area contributed by atoms with Crippen molar-refractivity contribution in [3.8, 4) is 0 Å². The van der Waals surface area contributed by atoms with Gasteiger partial charge in [-0.3, -0.25) is 14.4 Å². The molecule has 0 aliphatic heterocycles. The molecule has 0 bridgehead atoms. The number of carbonyl (C=O) groups excluding carboxylic acids is 6. The highest BCUT2D eigenvalue weighted by atomic mass is 16.7. The second-order valence-electron chi connectivity index (χ2n) is 6.70. The van der Waals surface area contributed by atoms with Crippen LogP contribution in [0.3, 0.4) is 0 Å². The van der Waals surface area contributed by atoms with Crippen LogP contribution in [0.25, 0.3) is 0 Å². The highest BCUT2D eigenvalue weighted by molar-refractivity contribution is 5.73. The van der Waals surface area contributed by atoms with Gasteiger partial charge in [0, 0.05) is 0 Å². The van der Waals surface area contributed by atoms with E-state index >= 15 is 0 Å². The minimum Gasteiger partial charge on any atom is -0.462 e. The van der Waals surface area contributed by atoms with Crippen molar-refractivity contribution in [2.75, 3.05) is 13.2 Å². The van der Waals surface area contributed by atoms with Gasteiger partial charge in [-0.1, -0.05) is 26.7 Å². The van der Waals surface area contributed by atoms with Gasteiger partial charge in [-0.05, 0) is 6.42 Å². The van der Waals surface area contributed by atoms with E-state index in [9.17, 15) is 28.8 Å². The molecule has 2 N–H and O–H groups in total. The van der Waals surface area contributed by atoms with Crippen LogP contribution >= 0.6 is 0 Å². The zero-order chi connectivity index (χ0) is 28.9. The smallest absolute Gasteiger partial charge is 0.462 e. The summed E-state index contributed by atoms with van der Waals surface area (Å²) < 4.78 is 37.7. The molecule has 0 saturated heterocycles. The van der Waals surface area contributed by atoms with Crippen molar-refractivity contribution >= 4 is 36.4 Å². The van der Waals surface area contributed by atoms with Crippen molar-refractivity contribution in [1.82, 2.24) is 0 Å². The van der Waals surface area contributed by atoms with Gasteiger partial charge in [0.05, 0.1) is 38.0 Å². The highest BCUT2D eigenvalue weighted by Crippen LogP contribution is 2.11. The van der Waals surface area contributed by atoms with Crippen LogP contribution in [0.2, 0.25) is 0 Å². The molecule has 0 aliphatic carbocycles. The molecule has 0 aliphatic rings. The highest BCUT2D eigenvalue weighted by Gasteiger charge is 2.26. The number of esters is 2. The Balaban J connectivity index is 5.09. The average molecular weight is 547 g/mol. The van der Waals surface area contributed by atoms with Gasteiger partial charge in [0.15, 0.2) is 0 Å². The first-order valence-corrected chi connectivity index (χ1v) is 10.7. The van der Waals surface area contributed by atoms with Crippen LogP contribution < -0.4 is 5.90 Å². The van der Waals surface area contributed by atoms with Crippen molar-refractivity contribution < 1.29 is 71.5 Å². The van der Waals surface area contributed by atoms with E-state index in [1.54, 1.807) is 6.92 Å². The first-order chi connectivity index (χ1) is 18.1. The number of nitrogens with two attached hydrogens (primary N) is 1. The van der Waals surface area contributed by atoms with E-state index in [4.69, 9.17) is 29.6 Å². The van der Waals surface area contributed by atoms with Crippen molar-refractivity contribution in [2.45, 2.75) is 50.9 Å². The minimum absolute atomic E-state index is 0.237. The van der Waals surface area contributed by atoms with Crippen molar-refractivity contribution in [3.05, 3.63) is 38.5 Å². The Bertz CT molecular complexity index is 856. The second-order valence-corrected chi connectivity index (χ2v) is 6.70. The summed E-state index contributed by atoms with van der Waals surface area (Å²) in [4.78, 5) is 74.3. The van der Waals surface area contributed by atoms with Gasteiger partial charge in [0.1, 0.15) is 31.5 Å². The molecular formula is C22H29NO15. The number of carbonyl (C=O) groups is 6. The largest absolute Gasteiger partial charge is 0.513 e. The maximum Gasteiger partial charge on any atom is 0.513 e. The number of hydrogen-bond donors (Lipinski definition) is 1. The van der Waals surface area contributed by atoms with E-state index in [1.807, 2.05) is 0 Å². The Labute approximate surface area is 217 Å². The average Bonchev–Trinajstić information content (AvgIpc) is 2.85. The molecule has 3 atom stereocenters. The summed E-state index contributed by atoms with van der Waals surface area (Å²) in [7, 11) is 0. The molecule has 38 heavy (non-hydrogen) atoms. The quantitative estimate of drug-likeness (QED) is 0.119. The Morgan fingerprint density at radius 1 is 0.632 bits per heavy atom. The molecule has 0 amide bonds. The molecule has 0 aromatic heterocycles. The molecule has 0 spiro atoms. The third-order valence-corrected chi connectivity index (χ3v) is 3.96. The number of hydrogen-bond acceptors (Lipinski definition) is 16. The zero-order valence-corrected chi connectivity index (χ0v) is 20.5. The fraction of sp³-hybridized carbons (Fsp3) is 0.455. The summed E-state index contributed by atoms with van der Waals surface area (Å²) in [5.74, 6) is 1.87. The molecular weight excluding hydrogens is 518 g/mol. The van der Waals surface area contributed by atoms with E-state index < -0.39 is 80.7 Å². The molecule has 0 heterocycles. The van der Waals surface area contributed by atoms with Crippen LogP contribution in [0.5, 0.6) is 0 Å². The summed E-state index contributed by atoms with van der Waals surface area (Å²) in [6, 6.07) is 0. The standard InChI is InChI=1S/C22H29NO15/c1-5-14(35-20(27)30-6-2)9-17(24)33-12-15(36-21(28)31-7-3)10-18(25)34-13-16(11-19(26)38-23)37-22(29)32-8-4/h6-8,14-16H,2-5,9-13,23H2,1H3. The van der Waals surface area contributed by atoms with Gasteiger partial charge in [0.25, 0.3) is 0 Å². The van der Waals surface area contributed by atoms with Crippen LogP contribution in [0.15, 0.2) is 38.5 Å². The lowest BCUT2D eigenvalue weighted by atomic mass is 10.2. The van der Waals surface area contributed by atoms with Crippen LogP contribution in [-0.2, 0) is 57.1 Å². The molecule has 0 saturated carbocycles. The van der Waals surface area contributed by atoms with Gasteiger partial charge >= 0.3 is 36.4 Å². The van der Waals surface area contributed by atoms with Crippen LogP contribution in [0, 0.1) is 0 Å². The normalized spacial score (nSPS) is 12.2. The second kappa shape index (κ2) is 19.6. The lowest BCUT2D eigenvalue weighted by Gasteiger charge is -2.19. The van der Waals surface area contributed by atoms with Gasteiger partial charge < -0.3 is 42.7 Å². The third kappa shape index (κ3) is 16.1. The molecule has 0 rings (SSSR count). The molecule has 0 radical (unpaired) electrons. The predicted molar refractivity (Wildman–Crippen MR) is 121 cm³/mol.